The molecule has 122 valence electrons. The zero-order chi connectivity index (χ0) is 17.1. The van der Waals surface area contributed by atoms with Crippen molar-refractivity contribution in [3.05, 3.63) is 57.5 Å². The van der Waals surface area contributed by atoms with Crippen LogP contribution in [-0.2, 0) is 6.54 Å². The summed E-state index contributed by atoms with van der Waals surface area (Å²) in [6.45, 7) is 0.307. The van der Waals surface area contributed by atoms with E-state index in [1.165, 1.54) is 17.2 Å². The molecule has 2 heterocycles. The van der Waals surface area contributed by atoms with E-state index in [2.05, 4.69) is 41.4 Å². The lowest BCUT2D eigenvalue weighted by atomic mass is 10.2. The molecule has 0 fully saturated rings. The number of nitrogens with zero attached hydrogens (tertiary/aromatic N) is 5. The van der Waals surface area contributed by atoms with Gasteiger partial charge < -0.3 is 11.1 Å². The van der Waals surface area contributed by atoms with Gasteiger partial charge in [-0.25, -0.2) is 9.97 Å². The standard InChI is InChI=1S/C14H11BrClN7O/c15-9-4-2-1-3-8(9)7-18-14(24)10-12(17)22-13(11(16)21-10)23-19-5-6-20-23/h1-6H,7H2,(H2,17,22)(H,18,24). The van der Waals surface area contributed by atoms with Gasteiger partial charge in [0.15, 0.2) is 16.7 Å². The molecule has 1 aromatic carbocycles. The number of benzene rings is 1. The van der Waals surface area contributed by atoms with Crippen LogP contribution in [0.25, 0.3) is 5.82 Å². The Morgan fingerprint density at radius 3 is 2.67 bits per heavy atom. The molecule has 2 aromatic heterocycles. The Kier molecular flexibility index (Phi) is 4.72. The van der Waals surface area contributed by atoms with Crippen molar-refractivity contribution in [3.8, 4) is 5.82 Å². The quantitative estimate of drug-likeness (QED) is 0.683. The van der Waals surface area contributed by atoms with Gasteiger partial charge in [-0.3, -0.25) is 4.79 Å². The minimum absolute atomic E-state index is 0.0218. The van der Waals surface area contributed by atoms with Crippen molar-refractivity contribution in [2.75, 3.05) is 5.73 Å². The summed E-state index contributed by atoms with van der Waals surface area (Å²) >= 11 is 9.48. The minimum atomic E-state index is -0.474. The molecular weight excluding hydrogens is 398 g/mol. The van der Waals surface area contributed by atoms with E-state index >= 15 is 0 Å². The first-order chi connectivity index (χ1) is 11.6. The fourth-order valence-electron chi connectivity index (χ4n) is 1.94. The Hall–Kier alpha value is -2.52. The molecule has 1 amide bonds. The Morgan fingerprint density at radius 1 is 1.25 bits per heavy atom. The molecule has 0 aliphatic rings. The molecule has 0 aliphatic carbocycles. The van der Waals surface area contributed by atoms with Crippen LogP contribution in [0.15, 0.2) is 41.1 Å². The normalized spacial score (nSPS) is 10.6. The maximum atomic E-state index is 12.3. The highest BCUT2D eigenvalue weighted by molar-refractivity contribution is 9.10. The summed E-state index contributed by atoms with van der Waals surface area (Å²) in [5.41, 5.74) is 6.69. The van der Waals surface area contributed by atoms with Crippen molar-refractivity contribution in [2.45, 2.75) is 6.54 Å². The van der Waals surface area contributed by atoms with Gasteiger partial charge in [0.05, 0.1) is 12.4 Å². The first-order valence-corrected chi connectivity index (χ1v) is 7.94. The number of amides is 1. The number of carbonyl (C=O) groups excluding carboxylic acids is 1. The third-order valence-corrected chi connectivity index (χ3v) is 4.11. The highest BCUT2D eigenvalue weighted by Gasteiger charge is 2.18. The lowest BCUT2D eigenvalue weighted by Crippen LogP contribution is -2.26. The number of halogens is 2. The van der Waals surface area contributed by atoms with Gasteiger partial charge >= 0.3 is 0 Å². The smallest absolute Gasteiger partial charge is 0.274 e. The SMILES string of the molecule is Nc1nc(-n2nccn2)c(Cl)nc1C(=O)NCc1ccccc1Br. The van der Waals surface area contributed by atoms with Gasteiger partial charge in [-0.05, 0) is 11.6 Å². The average molecular weight is 409 g/mol. The molecule has 10 heteroatoms. The first kappa shape index (κ1) is 16.3. The molecule has 24 heavy (non-hydrogen) atoms. The third-order valence-electron chi connectivity index (χ3n) is 3.08. The van der Waals surface area contributed by atoms with Gasteiger partial charge in [0.25, 0.3) is 5.91 Å². The van der Waals surface area contributed by atoms with E-state index in [1.807, 2.05) is 24.3 Å². The van der Waals surface area contributed by atoms with Crippen LogP contribution in [-0.4, -0.2) is 30.9 Å². The Balaban J connectivity index is 1.80. The summed E-state index contributed by atoms with van der Waals surface area (Å²) < 4.78 is 0.891. The Labute approximate surface area is 150 Å². The lowest BCUT2D eigenvalue weighted by molar-refractivity contribution is 0.0946. The van der Waals surface area contributed by atoms with E-state index in [9.17, 15) is 4.79 Å². The number of hydrogen-bond donors (Lipinski definition) is 2. The van der Waals surface area contributed by atoms with Crippen LogP contribution >= 0.6 is 27.5 Å². The van der Waals surface area contributed by atoms with Gasteiger partial charge in [-0.15, -0.1) is 4.80 Å². The summed E-state index contributed by atoms with van der Waals surface area (Å²) in [6.07, 6.45) is 2.93. The van der Waals surface area contributed by atoms with Crippen molar-refractivity contribution < 1.29 is 4.79 Å². The molecule has 0 atom stereocenters. The summed E-state index contributed by atoms with van der Waals surface area (Å²) in [6, 6.07) is 7.54. The van der Waals surface area contributed by atoms with E-state index in [1.54, 1.807) is 0 Å². The van der Waals surface area contributed by atoms with Gasteiger partial charge in [0.1, 0.15) is 0 Å². The number of rotatable bonds is 4. The van der Waals surface area contributed by atoms with Crippen LogP contribution in [0.3, 0.4) is 0 Å². The van der Waals surface area contributed by atoms with Crippen molar-refractivity contribution in [2.24, 2.45) is 0 Å². The second-order valence-corrected chi connectivity index (χ2v) is 5.88. The van der Waals surface area contributed by atoms with Crippen LogP contribution in [0.2, 0.25) is 5.15 Å². The number of hydrogen-bond acceptors (Lipinski definition) is 6. The summed E-state index contributed by atoms with van der Waals surface area (Å²) in [5, 5.41) is 10.5. The highest BCUT2D eigenvalue weighted by atomic mass is 79.9. The molecule has 0 bridgehead atoms. The number of carbonyl (C=O) groups is 1. The topological polar surface area (TPSA) is 112 Å². The van der Waals surface area contributed by atoms with Crippen LogP contribution in [0, 0.1) is 0 Å². The van der Waals surface area contributed by atoms with Crippen molar-refractivity contribution in [1.82, 2.24) is 30.3 Å². The number of anilines is 1. The van der Waals surface area contributed by atoms with Gasteiger partial charge in [0.2, 0.25) is 5.82 Å². The molecule has 3 aromatic rings. The molecule has 8 nitrogen and oxygen atoms in total. The second-order valence-electron chi connectivity index (χ2n) is 4.66. The summed E-state index contributed by atoms with van der Waals surface area (Å²) in [4.78, 5) is 21.5. The van der Waals surface area contributed by atoms with Crippen molar-refractivity contribution in [1.29, 1.82) is 0 Å². The molecule has 0 spiro atoms. The Morgan fingerprint density at radius 2 is 1.96 bits per heavy atom. The maximum absolute atomic E-state index is 12.3. The minimum Gasteiger partial charge on any atom is -0.382 e. The van der Waals surface area contributed by atoms with E-state index in [0.717, 1.165) is 10.0 Å². The molecule has 0 radical (unpaired) electrons. The third kappa shape index (κ3) is 3.36. The number of nitrogens with two attached hydrogens (primary N) is 1. The van der Waals surface area contributed by atoms with Gasteiger partial charge in [-0.1, -0.05) is 45.7 Å². The maximum Gasteiger partial charge on any atom is 0.274 e. The predicted octanol–water partition coefficient (Wildman–Crippen LogP) is 1.99. The Bertz CT molecular complexity index is 885. The van der Waals surface area contributed by atoms with Crippen LogP contribution in [0.1, 0.15) is 16.1 Å². The molecule has 0 aliphatic heterocycles. The summed E-state index contributed by atoms with van der Waals surface area (Å²) in [5.74, 6) is -0.379. The first-order valence-electron chi connectivity index (χ1n) is 6.77. The van der Waals surface area contributed by atoms with Crippen LogP contribution in [0.5, 0.6) is 0 Å². The number of nitrogens with one attached hydrogen (secondary N) is 1. The average Bonchev–Trinajstić information content (AvgIpc) is 3.10. The lowest BCUT2D eigenvalue weighted by Gasteiger charge is -2.09. The van der Waals surface area contributed by atoms with E-state index < -0.39 is 5.91 Å². The van der Waals surface area contributed by atoms with Crippen LogP contribution < -0.4 is 11.1 Å². The molecule has 0 saturated carbocycles. The van der Waals surface area contributed by atoms with Gasteiger partial charge in [0, 0.05) is 11.0 Å². The fraction of sp³-hybridized carbons (Fsp3) is 0.0714. The summed E-state index contributed by atoms with van der Waals surface area (Å²) in [7, 11) is 0. The van der Waals surface area contributed by atoms with Crippen molar-refractivity contribution in [3.63, 3.8) is 0 Å². The van der Waals surface area contributed by atoms with Crippen LogP contribution in [0.4, 0.5) is 5.82 Å². The molecule has 0 saturated heterocycles. The number of aromatic nitrogens is 5. The zero-order valence-corrected chi connectivity index (χ0v) is 14.5. The predicted molar refractivity (Wildman–Crippen MR) is 91.7 cm³/mol. The van der Waals surface area contributed by atoms with Crippen molar-refractivity contribution >= 4 is 39.3 Å². The van der Waals surface area contributed by atoms with Gasteiger partial charge in [-0.2, -0.15) is 10.2 Å². The highest BCUT2D eigenvalue weighted by Crippen LogP contribution is 2.19. The molecular formula is C14H11BrClN7O. The molecule has 0 unspecified atom stereocenters. The van der Waals surface area contributed by atoms with E-state index in [4.69, 9.17) is 17.3 Å². The van der Waals surface area contributed by atoms with E-state index in [-0.39, 0.29) is 22.5 Å². The molecule has 3 N–H and O–H groups in total. The monoisotopic (exact) mass is 407 g/mol. The van der Waals surface area contributed by atoms with E-state index in [0.29, 0.717) is 6.54 Å². The second kappa shape index (κ2) is 6.93. The fourth-order valence-corrected chi connectivity index (χ4v) is 2.57. The largest absolute Gasteiger partial charge is 0.382 e. The molecule has 3 rings (SSSR count). The number of nitrogen functional groups attached to an aromatic ring is 1. The zero-order valence-electron chi connectivity index (χ0n) is 12.1.